The second-order valence-electron chi connectivity index (χ2n) is 4.80. The molecule has 0 aromatic heterocycles. The number of rotatable bonds is 7. The fourth-order valence-corrected chi connectivity index (χ4v) is 1.79. The lowest BCUT2D eigenvalue weighted by molar-refractivity contribution is -0.137. The van der Waals surface area contributed by atoms with E-state index in [0.29, 0.717) is 5.56 Å². The van der Waals surface area contributed by atoms with E-state index in [1.165, 1.54) is 0 Å². The summed E-state index contributed by atoms with van der Waals surface area (Å²) < 4.78 is 5.16. The van der Waals surface area contributed by atoms with E-state index in [-0.39, 0.29) is 17.1 Å². The molecule has 0 aliphatic carbocycles. The van der Waals surface area contributed by atoms with Crippen LogP contribution in [0.1, 0.15) is 10.4 Å². The molecule has 0 radical (unpaired) electrons. The highest BCUT2D eigenvalue weighted by Crippen LogP contribution is 2.10. The zero-order valence-electron chi connectivity index (χ0n) is 13.8. The smallest absolute Gasteiger partial charge is 0.353 e. The molecule has 136 valence electrons. The molecule has 0 fully saturated rings. The summed E-state index contributed by atoms with van der Waals surface area (Å²) in [5.74, 6) is -3.12. The van der Waals surface area contributed by atoms with Gasteiger partial charge >= 0.3 is 5.97 Å². The van der Waals surface area contributed by atoms with Gasteiger partial charge in [-0.15, -0.1) is 0 Å². The van der Waals surface area contributed by atoms with E-state index in [1.807, 2.05) is 0 Å². The molecule has 0 aliphatic rings. The first kappa shape index (κ1) is 20.8. The SMILES string of the molecule is C=C(NC(=O)c1ccc(Br)cc1)C(=O)NC(=C)C(=O)NC(=C)C(=O)OC. The van der Waals surface area contributed by atoms with Crippen LogP contribution in [0.25, 0.3) is 0 Å². The summed E-state index contributed by atoms with van der Waals surface area (Å²) in [7, 11) is 1.12. The van der Waals surface area contributed by atoms with Gasteiger partial charge in [0.2, 0.25) is 0 Å². The van der Waals surface area contributed by atoms with E-state index >= 15 is 0 Å². The second-order valence-corrected chi connectivity index (χ2v) is 5.71. The molecular weight excluding hydrogens is 406 g/mol. The molecule has 1 aromatic carbocycles. The van der Waals surface area contributed by atoms with E-state index in [2.05, 4.69) is 56.4 Å². The van der Waals surface area contributed by atoms with Crippen LogP contribution in [-0.2, 0) is 19.1 Å². The standard InChI is InChI=1S/C17H16BrN3O5/c1-9(15(23)21-11(3)17(25)26-4)19-14(22)10(2)20-16(24)12-5-7-13(18)8-6-12/h5-8H,1-3H2,4H3,(H,19,22)(H,20,24)(H,21,23). The van der Waals surface area contributed by atoms with Crippen LogP contribution in [0, 0.1) is 0 Å². The lowest BCUT2D eigenvalue weighted by Crippen LogP contribution is -2.39. The highest BCUT2D eigenvalue weighted by Gasteiger charge is 2.18. The molecule has 0 heterocycles. The predicted octanol–water partition coefficient (Wildman–Crippen LogP) is 1.13. The van der Waals surface area contributed by atoms with Gasteiger partial charge in [-0.3, -0.25) is 14.4 Å². The highest BCUT2D eigenvalue weighted by atomic mass is 79.9. The number of methoxy groups -OCH3 is 1. The topological polar surface area (TPSA) is 114 Å². The molecule has 0 saturated heterocycles. The summed E-state index contributed by atoms with van der Waals surface area (Å²) in [5, 5.41) is 6.55. The molecule has 26 heavy (non-hydrogen) atoms. The van der Waals surface area contributed by atoms with Crippen LogP contribution < -0.4 is 16.0 Å². The van der Waals surface area contributed by atoms with Crippen LogP contribution in [0.2, 0.25) is 0 Å². The average molecular weight is 422 g/mol. The minimum atomic E-state index is -0.874. The largest absolute Gasteiger partial charge is 0.464 e. The molecule has 8 nitrogen and oxygen atoms in total. The molecular formula is C17H16BrN3O5. The summed E-state index contributed by atoms with van der Waals surface area (Å²) in [5.41, 5.74) is -0.680. The minimum Gasteiger partial charge on any atom is -0.464 e. The van der Waals surface area contributed by atoms with Crippen molar-refractivity contribution in [2.45, 2.75) is 0 Å². The van der Waals surface area contributed by atoms with Gasteiger partial charge in [0.05, 0.1) is 18.5 Å². The van der Waals surface area contributed by atoms with Gasteiger partial charge < -0.3 is 20.7 Å². The first-order valence-electron chi connectivity index (χ1n) is 7.00. The van der Waals surface area contributed by atoms with E-state index in [1.54, 1.807) is 24.3 Å². The third kappa shape index (κ3) is 6.02. The minimum absolute atomic E-state index is 0.293. The number of ether oxygens (including phenoxy) is 1. The van der Waals surface area contributed by atoms with Crippen molar-refractivity contribution in [1.29, 1.82) is 0 Å². The Hall–Kier alpha value is -3.20. The molecule has 0 atom stereocenters. The Balaban J connectivity index is 2.59. The maximum Gasteiger partial charge on any atom is 0.353 e. The van der Waals surface area contributed by atoms with Crippen molar-refractivity contribution in [3.05, 3.63) is 71.1 Å². The molecule has 9 heteroatoms. The van der Waals surface area contributed by atoms with Crippen molar-refractivity contribution in [2.24, 2.45) is 0 Å². The maximum absolute atomic E-state index is 12.0. The molecule has 0 bridgehead atoms. The zero-order valence-corrected chi connectivity index (χ0v) is 15.4. The average Bonchev–Trinajstić information content (AvgIpc) is 2.60. The van der Waals surface area contributed by atoms with Crippen molar-refractivity contribution in [1.82, 2.24) is 16.0 Å². The van der Waals surface area contributed by atoms with Crippen LogP contribution in [0.5, 0.6) is 0 Å². The number of amides is 3. The quantitative estimate of drug-likeness (QED) is 0.450. The molecule has 1 rings (SSSR count). The van der Waals surface area contributed by atoms with Gasteiger partial charge in [0.25, 0.3) is 17.7 Å². The van der Waals surface area contributed by atoms with Gasteiger partial charge in [0.1, 0.15) is 5.70 Å². The molecule has 0 spiro atoms. The van der Waals surface area contributed by atoms with E-state index in [9.17, 15) is 19.2 Å². The highest BCUT2D eigenvalue weighted by molar-refractivity contribution is 9.10. The van der Waals surface area contributed by atoms with Gasteiger partial charge in [0.15, 0.2) is 0 Å². The van der Waals surface area contributed by atoms with Crippen LogP contribution in [-0.4, -0.2) is 30.8 Å². The number of benzene rings is 1. The second kappa shape index (κ2) is 9.33. The molecule has 3 N–H and O–H groups in total. The molecule has 0 saturated carbocycles. The lowest BCUT2D eigenvalue weighted by Gasteiger charge is -2.12. The van der Waals surface area contributed by atoms with Gasteiger partial charge in [-0.1, -0.05) is 35.7 Å². The molecule has 0 aliphatic heterocycles. The fourth-order valence-electron chi connectivity index (χ4n) is 1.52. The Morgan fingerprint density at radius 3 is 1.81 bits per heavy atom. The van der Waals surface area contributed by atoms with Crippen LogP contribution in [0.4, 0.5) is 0 Å². The lowest BCUT2D eigenvalue weighted by atomic mass is 10.2. The number of hydrogen-bond acceptors (Lipinski definition) is 5. The van der Waals surface area contributed by atoms with Crippen LogP contribution >= 0.6 is 15.9 Å². The van der Waals surface area contributed by atoms with Crippen molar-refractivity contribution in [2.75, 3.05) is 7.11 Å². The molecule has 0 unspecified atom stereocenters. The predicted molar refractivity (Wildman–Crippen MR) is 97.3 cm³/mol. The summed E-state index contributed by atoms with van der Waals surface area (Å²) in [4.78, 5) is 46.9. The van der Waals surface area contributed by atoms with E-state index in [0.717, 1.165) is 11.6 Å². The van der Waals surface area contributed by atoms with Gasteiger partial charge in [-0.05, 0) is 24.3 Å². The normalized spacial score (nSPS) is 9.46. The van der Waals surface area contributed by atoms with E-state index in [4.69, 9.17) is 0 Å². The number of halogens is 1. The summed E-state index contributed by atoms with van der Waals surface area (Å²) >= 11 is 3.24. The number of carbonyl (C=O) groups is 4. The van der Waals surface area contributed by atoms with Crippen LogP contribution in [0.3, 0.4) is 0 Å². The van der Waals surface area contributed by atoms with E-state index < -0.39 is 23.7 Å². The van der Waals surface area contributed by atoms with Gasteiger partial charge in [-0.25, -0.2) is 4.79 Å². The Morgan fingerprint density at radius 2 is 1.31 bits per heavy atom. The summed E-state index contributed by atoms with van der Waals surface area (Å²) in [6.07, 6.45) is 0. The first-order valence-corrected chi connectivity index (χ1v) is 7.79. The number of hydrogen-bond donors (Lipinski definition) is 3. The Morgan fingerprint density at radius 1 is 0.846 bits per heavy atom. The summed E-state index contributed by atoms with van der Waals surface area (Å²) in [6, 6.07) is 6.43. The Kier molecular flexibility index (Phi) is 7.48. The molecule has 1 aromatic rings. The number of nitrogens with one attached hydrogen (secondary N) is 3. The van der Waals surface area contributed by atoms with Crippen LogP contribution in [0.15, 0.2) is 65.6 Å². The number of esters is 1. The number of carbonyl (C=O) groups excluding carboxylic acids is 4. The molecule has 3 amide bonds. The summed E-state index contributed by atoms with van der Waals surface area (Å²) in [6.45, 7) is 10.1. The maximum atomic E-state index is 12.0. The third-order valence-corrected chi connectivity index (χ3v) is 3.41. The van der Waals surface area contributed by atoms with Gasteiger partial charge in [0, 0.05) is 10.0 Å². The van der Waals surface area contributed by atoms with Crippen molar-refractivity contribution < 1.29 is 23.9 Å². The zero-order chi connectivity index (χ0) is 19.9. The Bertz CT molecular complexity index is 799. The third-order valence-electron chi connectivity index (χ3n) is 2.88. The van der Waals surface area contributed by atoms with Gasteiger partial charge in [-0.2, -0.15) is 0 Å². The first-order chi connectivity index (χ1) is 12.1. The van der Waals surface area contributed by atoms with Crippen molar-refractivity contribution >= 4 is 39.6 Å². The Labute approximate surface area is 158 Å². The van der Waals surface area contributed by atoms with Crippen molar-refractivity contribution in [3.8, 4) is 0 Å². The monoisotopic (exact) mass is 421 g/mol. The van der Waals surface area contributed by atoms with Crippen molar-refractivity contribution in [3.63, 3.8) is 0 Å². The fraction of sp³-hybridized carbons (Fsp3) is 0.0588.